The number of fused-ring (bicyclic) bond motifs is 1. The van der Waals surface area contributed by atoms with Gasteiger partial charge in [0, 0.05) is 17.1 Å². The van der Waals surface area contributed by atoms with Crippen molar-refractivity contribution in [2.45, 2.75) is 6.42 Å². The first-order chi connectivity index (χ1) is 10.7. The lowest BCUT2D eigenvalue weighted by Gasteiger charge is -2.12. The molecule has 0 aliphatic carbocycles. The maximum absolute atomic E-state index is 12.8. The van der Waals surface area contributed by atoms with E-state index >= 15 is 0 Å². The zero-order valence-electron chi connectivity index (χ0n) is 12.3. The van der Waals surface area contributed by atoms with E-state index < -0.39 is 0 Å². The Hall–Kier alpha value is -2.88. The SMILES string of the molecule is C=CCc1cc2cccnc2n(-c2ccc(OC)cc2)c1=O. The van der Waals surface area contributed by atoms with Gasteiger partial charge < -0.3 is 4.74 Å². The monoisotopic (exact) mass is 292 g/mol. The van der Waals surface area contributed by atoms with Crippen LogP contribution in [0.25, 0.3) is 16.7 Å². The van der Waals surface area contributed by atoms with Crippen LogP contribution < -0.4 is 10.3 Å². The second-order valence-electron chi connectivity index (χ2n) is 4.92. The van der Waals surface area contributed by atoms with Crippen molar-refractivity contribution < 1.29 is 4.74 Å². The molecule has 0 aliphatic rings. The summed E-state index contributed by atoms with van der Waals surface area (Å²) in [6, 6.07) is 13.1. The van der Waals surface area contributed by atoms with Gasteiger partial charge in [-0.05, 0) is 48.9 Å². The lowest BCUT2D eigenvalue weighted by Crippen LogP contribution is -2.23. The summed E-state index contributed by atoms with van der Waals surface area (Å²) in [5.41, 5.74) is 2.04. The van der Waals surface area contributed by atoms with Crippen LogP contribution in [0.3, 0.4) is 0 Å². The second kappa shape index (κ2) is 5.85. The number of pyridine rings is 2. The molecule has 4 nitrogen and oxygen atoms in total. The third-order valence-corrected chi connectivity index (χ3v) is 3.53. The largest absolute Gasteiger partial charge is 0.497 e. The van der Waals surface area contributed by atoms with Crippen molar-refractivity contribution in [3.63, 3.8) is 0 Å². The van der Waals surface area contributed by atoms with E-state index in [-0.39, 0.29) is 5.56 Å². The van der Waals surface area contributed by atoms with Crippen LogP contribution in [0, 0.1) is 0 Å². The fourth-order valence-electron chi connectivity index (χ4n) is 2.47. The number of rotatable bonds is 4. The van der Waals surface area contributed by atoms with Crippen molar-refractivity contribution in [3.8, 4) is 11.4 Å². The maximum atomic E-state index is 12.8. The first kappa shape index (κ1) is 14.1. The molecule has 0 fully saturated rings. The highest BCUT2D eigenvalue weighted by atomic mass is 16.5. The van der Waals surface area contributed by atoms with Crippen molar-refractivity contribution in [2.75, 3.05) is 7.11 Å². The Morgan fingerprint density at radius 3 is 2.73 bits per heavy atom. The molecule has 0 aliphatic heterocycles. The summed E-state index contributed by atoms with van der Waals surface area (Å²) < 4.78 is 6.80. The summed E-state index contributed by atoms with van der Waals surface area (Å²) in [6.07, 6.45) is 3.95. The number of nitrogens with zero attached hydrogens (tertiary/aromatic N) is 2. The molecule has 4 heteroatoms. The molecule has 1 aromatic carbocycles. The van der Waals surface area contributed by atoms with Crippen LogP contribution in [0.15, 0.2) is 66.1 Å². The third kappa shape index (κ3) is 2.39. The van der Waals surface area contributed by atoms with E-state index in [1.54, 1.807) is 23.9 Å². The van der Waals surface area contributed by atoms with Gasteiger partial charge in [0.25, 0.3) is 5.56 Å². The zero-order chi connectivity index (χ0) is 15.5. The van der Waals surface area contributed by atoms with Crippen LogP contribution >= 0.6 is 0 Å². The predicted molar refractivity (Wildman–Crippen MR) is 87.8 cm³/mol. The topological polar surface area (TPSA) is 44.1 Å². The Bertz CT molecular complexity index is 880. The van der Waals surface area contributed by atoms with Crippen molar-refractivity contribution >= 4 is 11.0 Å². The summed E-state index contributed by atoms with van der Waals surface area (Å²) >= 11 is 0. The number of hydrogen-bond donors (Lipinski definition) is 0. The molecule has 3 rings (SSSR count). The van der Waals surface area contributed by atoms with Crippen molar-refractivity contribution in [3.05, 3.63) is 77.2 Å². The van der Waals surface area contributed by atoms with Crippen molar-refractivity contribution in [1.29, 1.82) is 0 Å². The van der Waals surface area contributed by atoms with Gasteiger partial charge in [-0.15, -0.1) is 6.58 Å². The number of methoxy groups -OCH3 is 1. The number of ether oxygens (including phenoxy) is 1. The van der Waals surface area contributed by atoms with E-state index in [0.29, 0.717) is 17.6 Å². The van der Waals surface area contributed by atoms with Crippen LogP contribution in [0.2, 0.25) is 0 Å². The molecule has 2 aromatic heterocycles. The van der Waals surface area contributed by atoms with E-state index in [1.807, 2.05) is 42.5 Å². The first-order valence-electron chi connectivity index (χ1n) is 6.99. The minimum atomic E-state index is -0.0729. The Labute approximate surface area is 128 Å². The third-order valence-electron chi connectivity index (χ3n) is 3.53. The summed E-state index contributed by atoms with van der Waals surface area (Å²) in [5, 5.41) is 0.926. The molecular weight excluding hydrogens is 276 g/mol. The lowest BCUT2D eigenvalue weighted by atomic mass is 10.1. The van der Waals surface area contributed by atoms with Gasteiger partial charge >= 0.3 is 0 Å². The van der Waals surface area contributed by atoms with Crippen LogP contribution in [0.4, 0.5) is 0 Å². The summed E-state index contributed by atoms with van der Waals surface area (Å²) in [7, 11) is 1.61. The highest BCUT2D eigenvalue weighted by Gasteiger charge is 2.11. The average Bonchev–Trinajstić information content (AvgIpc) is 2.56. The van der Waals surface area contributed by atoms with Gasteiger partial charge in [0.05, 0.1) is 12.8 Å². The maximum Gasteiger partial charge on any atom is 0.260 e. The van der Waals surface area contributed by atoms with E-state index in [4.69, 9.17) is 4.74 Å². The number of allylic oxidation sites excluding steroid dienone is 1. The average molecular weight is 292 g/mol. The quantitative estimate of drug-likeness (QED) is 0.694. The van der Waals surface area contributed by atoms with Gasteiger partial charge in [-0.3, -0.25) is 9.36 Å². The predicted octanol–water partition coefficient (Wildman–Crippen LogP) is 3.12. The molecule has 0 bridgehead atoms. The van der Waals surface area contributed by atoms with Crippen molar-refractivity contribution in [1.82, 2.24) is 9.55 Å². The second-order valence-corrected chi connectivity index (χ2v) is 4.92. The smallest absolute Gasteiger partial charge is 0.260 e. The van der Waals surface area contributed by atoms with Gasteiger partial charge in [-0.1, -0.05) is 6.08 Å². The highest BCUT2D eigenvalue weighted by Crippen LogP contribution is 2.18. The molecule has 0 spiro atoms. The molecule has 22 heavy (non-hydrogen) atoms. The minimum Gasteiger partial charge on any atom is -0.497 e. The molecule has 0 amide bonds. The standard InChI is InChI=1S/C18H16N2O2/c1-3-5-14-12-13-6-4-11-19-17(13)20(18(14)21)15-7-9-16(22-2)10-8-15/h3-4,6-12H,1,5H2,2H3. The zero-order valence-corrected chi connectivity index (χ0v) is 12.3. The van der Waals surface area contributed by atoms with E-state index in [9.17, 15) is 4.79 Å². The van der Waals surface area contributed by atoms with E-state index in [0.717, 1.165) is 16.8 Å². The molecule has 2 heterocycles. The van der Waals surface area contributed by atoms with Crippen LogP contribution in [0.5, 0.6) is 5.75 Å². The molecule has 0 N–H and O–H groups in total. The molecule has 0 unspecified atom stereocenters. The van der Waals surface area contributed by atoms with E-state index in [1.165, 1.54) is 0 Å². The Balaban J connectivity index is 2.31. The lowest BCUT2D eigenvalue weighted by molar-refractivity contribution is 0.414. The van der Waals surface area contributed by atoms with Gasteiger partial charge in [-0.2, -0.15) is 0 Å². The molecule has 0 saturated carbocycles. The normalized spacial score (nSPS) is 10.6. The first-order valence-corrected chi connectivity index (χ1v) is 6.99. The Morgan fingerprint density at radius 2 is 2.05 bits per heavy atom. The van der Waals surface area contributed by atoms with Gasteiger partial charge in [-0.25, -0.2) is 4.98 Å². The molecule has 0 atom stereocenters. The molecule has 110 valence electrons. The van der Waals surface area contributed by atoms with Crippen LogP contribution in [0.1, 0.15) is 5.56 Å². The molecule has 3 aromatic rings. The summed E-state index contributed by atoms with van der Waals surface area (Å²) in [5.74, 6) is 0.747. The van der Waals surface area contributed by atoms with Gasteiger partial charge in [0.2, 0.25) is 0 Å². The fourth-order valence-corrected chi connectivity index (χ4v) is 2.47. The van der Waals surface area contributed by atoms with Gasteiger partial charge in [0.1, 0.15) is 11.4 Å². The van der Waals surface area contributed by atoms with Crippen LogP contribution in [-0.4, -0.2) is 16.7 Å². The summed E-state index contributed by atoms with van der Waals surface area (Å²) in [4.78, 5) is 17.1. The Kier molecular flexibility index (Phi) is 3.74. The molecule has 0 radical (unpaired) electrons. The number of hydrogen-bond acceptors (Lipinski definition) is 3. The Morgan fingerprint density at radius 1 is 1.27 bits per heavy atom. The summed E-state index contributed by atoms with van der Waals surface area (Å²) in [6.45, 7) is 3.72. The minimum absolute atomic E-state index is 0.0729. The molecule has 0 saturated heterocycles. The van der Waals surface area contributed by atoms with Crippen molar-refractivity contribution in [2.24, 2.45) is 0 Å². The van der Waals surface area contributed by atoms with E-state index in [2.05, 4.69) is 11.6 Å². The molecular formula is C18H16N2O2. The number of benzene rings is 1. The number of aromatic nitrogens is 2. The van der Waals surface area contributed by atoms with Crippen LogP contribution in [-0.2, 0) is 6.42 Å². The highest BCUT2D eigenvalue weighted by molar-refractivity contribution is 5.77. The fraction of sp³-hybridized carbons (Fsp3) is 0.111. The van der Waals surface area contributed by atoms with Gasteiger partial charge in [0.15, 0.2) is 0 Å².